The normalized spacial score (nSPS) is 27.2. The van der Waals surface area contributed by atoms with Crippen LogP contribution in [0.2, 0.25) is 0 Å². The van der Waals surface area contributed by atoms with Gasteiger partial charge in [0.25, 0.3) is 0 Å². The Balaban J connectivity index is 1.97. The molecule has 1 fully saturated rings. The van der Waals surface area contributed by atoms with Crippen LogP contribution in [0.4, 0.5) is 0 Å². The number of hydrogen-bond donors (Lipinski definition) is 1. The molecule has 5 heteroatoms. The molecular weight excluding hydrogens is 202 g/mol. The Morgan fingerprint density at radius 2 is 2.38 bits per heavy atom. The van der Waals surface area contributed by atoms with E-state index in [1.165, 1.54) is 12.8 Å². The van der Waals surface area contributed by atoms with Gasteiger partial charge in [-0.1, -0.05) is 12.1 Å². The summed E-state index contributed by atoms with van der Waals surface area (Å²) >= 11 is 0. The summed E-state index contributed by atoms with van der Waals surface area (Å²) in [4.78, 5) is 2.43. The summed E-state index contributed by atoms with van der Waals surface area (Å²) in [5.41, 5.74) is 6.87. The molecule has 5 nitrogen and oxygen atoms in total. The SMILES string of the molecule is CC1CCN(Cc2cn(C)nn2)C(CN)C1. The van der Waals surface area contributed by atoms with Crippen LogP contribution in [0.5, 0.6) is 0 Å². The summed E-state index contributed by atoms with van der Waals surface area (Å²) in [5, 5.41) is 8.08. The van der Waals surface area contributed by atoms with Crippen LogP contribution in [0, 0.1) is 5.92 Å². The number of hydrogen-bond acceptors (Lipinski definition) is 4. The van der Waals surface area contributed by atoms with Crippen molar-refractivity contribution in [2.75, 3.05) is 13.1 Å². The molecule has 0 aliphatic carbocycles. The van der Waals surface area contributed by atoms with Gasteiger partial charge in [0.05, 0.1) is 5.69 Å². The first-order valence-corrected chi connectivity index (χ1v) is 5.98. The molecule has 0 amide bonds. The summed E-state index contributed by atoms with van der Waals surface area (Å²) in [5.74, 6) is 0.798. The highest BCUT2D eigenvalue weighted by Crippen LogP contribution is 2.22. The Morgan fingerprint density at radius 1 is 1.56 bits per heavy atom. The van der Waals surface area contributed by atoms with E-state index < -0.39 is 0 Å². The van der Waals surface area contributed by atoms with Crippen LogP contribution >= 0.6 is 0 Å². The van der Waals surface area contributed by atoms with E-state index in [1.54, 1.807) is 4.68 Å². The zero-order chi connectivity index (χ0) is 11.5. The van der Waals surface area contributed by atoms with E-state index in [9.17, 15) is 0 Å². The molecule has 0 saturated carbocycles. The highest BCUT2D eigenvalue weighted by Gasteiger charge is 2.25. The predicted octanol–water partition coefficient (Wildman–Crippen LogP) is 0.374. The smallest absolute Gasteiger partial charge is 0.0967 e. The van der Waals surface area contributed by atoms with Gasteiger partial charge >= 0.3 is 0 Å². The molecule has 16 heavy (non-hydrogen) atoms. The summed E-state index contributed by atoms with van der Waals surface area (Å²) < 4.78 is 1.75. The molecule has 90 valence electrons. The lowest BCUT2D eigenvalue weighted by Crippen LogP contribution is -2.45. The molecule has 1 aliphatic heterocycles. The second kappa shape index (κ2) is 4.93. The third kappa shape index (κ3) is 2.59. The topological polar surface area (TPSA) is 60.0 Å². The molecule has 0 radical (unpaired) electrons. The standard InChI is InChI=1S/C11H21N5/c1-9-3-4-16(11(5-9)6-12)8-10-7-15(2)14-13-10/h7,9,11H,3-6,8,12H2,1-2H3. The van der Waals surface area contributed by atoms with Gasteiger partial charge in [-0.3, -0.25) is 9.58 Å². The van der Waals surface area contributed by atoms with E-state index in [0.717, 1.165) is 31.2 Å². The molecule has 2 heterocycles. The Bertz CT molecular complexity index is 335. The first-order valence-electron chi connectivity index (χ1n) is 5.98. The Labute approximate surface area is 96.6 Å². The lowest BCUT2D eigenvalue weighted by atomic mass is 9.92. The van der Waals surface area contributed by atoms with E-state index in [4.69, 9.17) is 5.73 Å². The van der Waals surface area contributed by atoms with Crippen LogP contribution in [-0.2, 0) is 13.6 Å². The Hall–Kier alpha value is -0.940. The highest BCUT2D eigenvalue weighted by molar-refractivity contribution is 4.94. The molecule has 1 aromatic rings. The summed E-state index contributed by atoms with van der Waals surface area (Å²) in [6.07, 6.45) is 4.44. The van der Waals surface area contributed by atoms with Gasteiger partial charge in [-0.25, -0.2) is 0 Å². The fourth-order valence-corrected chi connectivity index (χ4v) is 2.43. The number of aryl methyl sites for hydroxylation is 1. The van der Waals surface area contributed by atoms with Gasteiger partial charge in [0, 0.05) is 32.4 Å². The van der Waals surface area contributed by atoms with Crippen molar-refractivity contribution in [1.82, 2.24) is 19.9 Å². The van der Waals surface area contributed by atoms with Crippen molar-refractivity contribution in [2.45, 2.75) is 32.4 Å². The van der Waals surface area contributed by atoms with E-state index in [0.29, 0.717) is 6.04 Å². The second-order valence-corrected chi connectivity index (χ2v) is 4.87. The maximum atomic E-state index is 5.83. The first-order chi connectivity index (χ1) is 7.69. The van der Waals surface area contributed by atoms with Crippen molar-refractivity contribution in [3.63, 3.8) is 0 Å². The molecule has 2 N–H and O–H groups in total. The number of nitrogens with two attached hydrogens (primary N) is 1. The fourth-order valence-electron chi connectivity index (χ4n) is 2.43. The van der Waals surface area contributed by atoms with Gasteiger partial charge in [0.15, 0.2) is 0 Å². The Kier molecular flexibility index (Phi) is 3.56. The fraction of sp³-hybridized carbons (Fsp3) is 0.818. The van der Waals surface area contributed by atoms with Crippen LogP contribution < -0.4 is 5.73 Å². The lowest BCUT2D eigenvalue weighted by molar-refractivity contribution is 0.114. The van der Waals surface area contributed by atoms with Crippen LogP contribution in [0.25, 0.3) is 0 Å². The number of rotatable bonds is 3. The monoisotopic (exact) mass is 223 g/mol. The quantitative estimate of drug-likeness (QED) is 0.804. The molecule has 0 spiro atoms. The van der Waals surface area contributed by atoms with Crippen molar-refractivity contribution in [3.8, 4) is 0 Å². The molecule has 0 aromatic carbocycles. The average Bonchev–Trinajstić information content (AvgIpc) is 2.67. The van der Waals surface area contributed by atoms with Gasteiger partial charge in [0.2, 0.25) is 0 Å². The van der Waals surface area contributed by atoms with Crippen LogP contribution in [0.1, 0.15) is 25.5 Å². The Morgan fingerprint density at radius 3 is 3.00 bits per heavy atom. The van der Waals surface area contributed by atoms with Gasteiger partial charge in [-0.2, -0.15) is 0 Å². The lowest BCUT2D eigenvalue weighted by Gasteiger charge is -2.37. The summed E-state index contributed by atoms with van der Waals surface area (Å²) in [6.45, 7) is 5.05. The second-order valence-electron chi connectivity index (χ2n) is 4.87. The molecule has 1 aliphatic rings. The van der Waals surface area contributed by atoms with Gasteiger partial charge in [-0.05, 0) is 25.3 Å². The van der Waals surface area contributed by atoms with Gasteiger partial charge < -0.3 is 5.73 Å². The average molecular weight is 223 g/mol. The van der Waals surface area contributed by atoms with Crippen LogP contribution in [0.15, 0.2) is 6.20 Å². The molecule has 2 unspecified atom stereocenters. The number of aromatic nitrogens is 3. The van der Waals surface area contributed by atoms with E-state index >= 15 is 0 Å². The minimum atomic E-state index is 0.505. The summed E-state index contributed by atoms with van der Waals surface area (Å²) in [7, 11) is 1.90. The maximum absolute atomic E-state index is 5.83. The molecule has 1 aromatic heterocycles. The van der Waals surface area contributed by atoms with Crippen LogP contribution in [-0.4, -0.2) is 39.0 Å². The highest BCUT2D eigenvalue weighted by atomic mass is 15.4. The minimum Gasteiger partial charge on any atom is -0.329 e. The van der Waals surface area contributed by atoms with E-state index in [2.05, 4.69) is 22.1 Å². The van der Waals surface area contributed by atoms with Crippen LogP contribution in [0.3, 0.4) is 0 Å². The number of piperidine rings is 1. The van der Waals surface area contributed by atoms with Crippen molar-refractivity contribution in [3.05, 3.63) is 11.9 Å². The van der Waals surface area contributed by atoms with Crippen molar-refractivity contribution >= 4 is 0 Å². The zero-order valence-electron chi connectivity index (χ0n) is 10.1. The molecule has 0 bridgehead atoms. The van der Waals surface area contributed by atoms with E-state index in [-0.39, 0.29) is 0 Å². The first kappa shape index (κ1) is 11.5. The minimum absolute atomic E-state index is 0.505. The largest absolute Gasteiger partial charge is 0.329 e. The van der Waals surface area contributed by atoms with Crippen molar-refractivity contribution < 1.29 is 0 Å². The van der Waals surface area contributed by atoms with E-state index in [1.807, 2.05) is 13.2 Å². The molecule has 1 saturated heterocycles. The number of nitrogens with zero attached hydrogens (tertiary/aromatic N) is 4. The van der Waals surface area contributed by atoms with Gasteiger partial charge in [-0.15, -0.1) is 5.10 Å². The maximum Gasteiger partial charge on any atom is 0.0967 e. The van der Waals surface area contributed by atoms with Crippen molar-refractivity contribution in [2.24, 2.45) is 18.7 Å². The van der Waals surface area contributed by atoms with Crippen molar-refractivity contribution in [1.29, 1.82) is 0 Å². The summed E-state index contributed by atoms with van der Waals surface area (Å²) in [6, 6.07) is 0.505. The molecular formula is C11H21N5. The third-order valence-electron chi connectivity index (χ3n) is 3.39. The predicted molar refractivity (Wildman–Crippen MR) is 62.7 cm³/mol. The van der Waals surface area contributed by atoms with Gasteiger partial charge in [0.1, 0.15) is 0 Å². The number of likely N-dealkylation sites (tertiary alicyclic amines) is 1. The zero-order valence-corrected chi connectivity index (χ0v) is 10.1. The molecule has 2 rings (SSSR count). The third-order valence-corrected chi connectivity index (χ3v) is 3.39. The molecule has 2 atom stereocenters.